The number of phenolic OH excluding ortho intramolecular Hbond substituents is 1. The topological polar surface area (TPSA) is 116 Å². The Kier molecular flexibility index (Phi) is 11.8. The van der Waals surface area contributed by atoms with E-state index < -0.39 is 23.3 Å². The monoisotopic (exact) mass is 696 g/mol. The van der Waals surface area contributed by atoms with Crippen molar-refractivity contribution in [1.82, 2.24) is 10.2 Å². The molecular formula is C36H44N2O6S3. The number of rotatable bonds is 15. The normalized spacial score (nSPS) is 22.3. The third-order valence-corrected chi connectivity index (χ3v) is 12.1. The number of unbranched alkanes of at least 4 members (excludes halogenated alkanes) is 2. The molecular weight excluding hydrogens is 653 g/mol. The first-order valence-corrected chi connectivity index (χ1v) is 19.3. The summed E-state index contributed by atoms with van der Waals surface area (Å²) < 4.78 is 6.40. The number of ether oxygens (including phenoxy) is 1. The number of nitrogens with one attached hydrogen (secondary N) is 1. The van der Waals surface area contributed by atoms with Crippen LogP contribution in [0.3, 0.4) is 0 Å². The third kappa shape index (κ3) is 8.12. The number of nitrogens with zero attached hydrogens (tertiary/aromatic N) is 1. The lowest BCUT2D eigenvalue weighted by Gasteiger charge is -2.49. The van der Waals surface area contributed by atoms with E-state index in [0.717, 1.165) is 60.1 Å². The van der Waals surface area contributed by atoms with Gasteiger partial charge in [-0.25, -0.2) is 4.79 Å². The first kappa shape index (κ1) is 35.2. The van der Waals surface area contributed by atoms with Crippen molar-refractivity contribution in [3.05, 3.63) is 80.7 Å². The summed E-state index contributed by atoms with van der Waals surface area (Å²) in [6.45, 7) is 10.6. The second kappa shape index (κ2) is 15.8. The zero-order chi connectivity index (χ0) is 33.7. The number of carbonyl (C=O) groups is 3. The van der Waals surface area contributed by atoms with Crippen molar-refractivity contribution in [3.63, 3.8) is 0 Å². The Hall–Kier alpha value is -3.15. The lowest BCUT2D eigenvalue weighted by molar-refractivity contribution is -0.150. The number of amides is 2. The van der Waals surface area contributed by atoms with Gasteiger partial charge in [0.05, 0.1) is 6.42 Å². The van der Waals surface area contributed by atoms with E-state index in [1.807, 2.05) is 36.6 Å². The van der Waals surface area contributed by atoms with Crippen molar-refractivity contribution in [3.8, 4) is 11.5 Å². The number of fused-ring (bicyclic) bond motifs is 1. The van der Waals surface area contributed by atoms with Gasteiger partial charge in [0, 0.05) is 27.9 Å². The van der Waals surface area contributed by atoms with Gasteiger partial charge in [-0.1, -0.05) is 49.6 Å². The number of carboxylic acids is 1. The van der Waals surface area contributed by atoms with E-state index in [1.165, 1.54) is 45.3 Å². The van der Waals surface area contributed by atoms with Crippen LogP contribution in [0.25, 0.3) is 0 Å². The molecule has 1 unspecified atom stereocenters. The molecule has 47 heavy (non-hydrogen) atoms. The van der Waals surface area contributed by atoms with Gasteiger partial charge in [-0.2, -0.15) is 0 Å². The van der Waals surface area contributed by atoms with Crippen LogP contribution in [0.4, 0.5) is 0 Å². The number of thioether (sulfide) groups is 2. The number of benzene rings is 1. The molecule has 1 aromatic heterocycles. The third-order valence-electron chi connectivity index (χ3n) is 9.02. The van der Waals surface area contributed by atoms with Crippen molar-refractivity contribution in [1.29, 1.82) is 0 Å². The van der Waals surface area contributed by atoms with Crippen LogP contribution in [0.2, 0.25) is 0 Å². The van der Waals surface area contributed by atoms with E-state index >= 15 is 0 Å². The number of aliphatic carboxylic acids is 1. The Bertz CT molecular complexity index is 1570. The summed E-state index contributed by atoms with van der Waals surface area (Å²) in [4.78, 5) is 40.2. The number of carbonyl (C=O) groups excluding carboxylic acids is 2. The minimum atomic E-state index is -1.15. The summed E-state index contributed by atoms with van der Waals surface area (Å²) in [7, 11) is 0. The smallest absolute Gasteiger partial charge is 0.352 e. The fourth-order valence-electron chi connectivity index (χ4n) is 6.61. The molecule has 0 spiro atoms. The van der Waals surface area contributed by atoms with Gasteiger partial charge in [-0.05, 0) is 80.2 Å². The molecule has 252 valence electrons. The molecule has 5 rings (SSSR count). The molecule has 0 saturated carbocycles. The zero-order valence-electron chi connectivity index (χ0n) is 27.3. The average molecular weight is 697 g/mol. The maximum Gasteiger partial charge on any atom is 0.352 e. The molecule has 0 bridgehead atoms. The van der Waals surface area contributed by atoms with E-state index in [9.17, 15) is 24.6 Å². The van der Waals surface area contributed by atoms with Crippen LogP contribution in [0, 0.1) is 5.92 Å². The molecule has 1 fully saturated rings. The molecule has 3 N–H and O–H groups in total. The first-order chi connectivity index (χ1) is 22.6. The number of hydrogen-bond donors (Lipinski definition) is 3. The fourth-order valence-corrected chi connectivity index (χ4v) is 9.57. The summed E-state index contributed by atoms with van der Waals surface area (Å²) in [5.74, 6) is 0.282. The maximum absolute atomic E-state index is 13.1. The van der Waals surface area contributed by atoms with Crippen LogP contribution in [-0.2, 0) is 27.2 Å². The van der Waals surface area contributed by atoms with E-state index in [0.29, 0.717) is 22.8 Å². The molecule has 2 aromatic rings. The second-order valence-corrected chi connectivity index (χ2v) is 15.7. The predicted octanol–water partition coefficient (Wildman–Crippen LogP) is 7.25. The zero-order valence-corrected chi connectivity index (χ0v) is 29.7. The molecule has 1 saturated heterocycles. The summed E-state index contributed by atoms with van der Waals surface area (Å²) >= 11 is 4.38. The van der Waals surface area contributed by atoms with Crippen molar-refractivity contribution >= 4 is 52.6 Å². The number of β-lactam (4-membered cyclic amide) rings is 1. The molecule has 8 nitrogen and oxygen atoms in total. The van der Waals surface area contributed by atoms with Crippen molar-refractivity contribution in [2.45, 2.75) is 83.1 Å². The number of aromatic hydroxyl groups is 1. The molecule has 11 heteroatoms. The van der Waals surface area contributed by atoms with Crippen LogP contribution in [0.5, 0.6) is 11.5 Å². The first-order valence-electron chi connectivity index (χ1n) is 16.2. The molecule has 0 radical (unpaired) electrons. The van der Waals surface area contributed by atoms with Crippen molar-refractivity contribution < 1.29 is 29.3 Å². The lowest BCUT2D eigenvalue weighted by atomic mass is 9.73. The van der Waals surface area contributed by atoms with Gasteiger partial charge in [-0.3, -0.25) is 14.5 Å². The molecule has 3 heterocycles. The highest BCUT2D eigenvalue weighted by Crippen LogP contribution is 2.47. The van der Waals surface area contributed by atoms with E-state index in [-0.39, 0.29) is 41.5 Å². The van der Waals surface area contributed by atoms with E-state index in [1.54, 1.807) is 0 Å². The van der Waals surface area contributed by atoms with E-state index in [2.05, 4.69) is 31.8 Å². The SMILES string of the molecule is C=C(C)[C@@H]1CCC(C)=C[C@H]1c1c(O)cc(CCCCC)cc1OCSCC1=C(C(=O)O)N2C(=O)[C@@H](NC(=O)Cc3cccs3)C2SC1. The summed E-state index contributed by atoms with van der Waals surface area (Å²) in [5, 5.41) is 25.7. The number of aryl methyl sites for hydroxylation is 1. The molecule has 1 aromatic carbocycles. The van der Waals surface area contributed by atoms with Crippen molar-refractivity contribution in [2.24, 2.45) is 5.92 Å². The van der Waals surface area contributed by atoms with Gasteiger partial charge < -0.3 is 20.3 Å². The van der Waals surface area contributed by atoms with Crippen LogP contribution >= 0.6 is 34.9 Å². The Balaban J connectivity index is 1.28. The number of allylic oxidation sites excluding steroid dienone is 3. The fraction of sp³-hybridized carbons (Fsp3) is 0.472. The Labute approximate surface area is 289 Å². The van der Waals surface area contributed by atoms with Crippen LogP contribution < -0.4 is 10.1 Å². The Morgan fingerprint density at radius 3 is 2.77 bits per heavy atom. The predicted molar refractivity (Wildman–Crippen MR) is 191 cm³/mol. The molecule has 3 aliphatic rings. The highest BCUT2D eigenvalue weighted by molar-refractivity contribution is 8.01. The highest BCUT2D eigenvalue weighted by atomic mass is 32.2. The average Bonchev–Trinajstić information content (AvgIpc) is 3.54. The van der Waals surface area contributed by atoms with Crippen LogP contribution in [0.15, 0.2) is 64.7 Å². The van der Waals surface area contributed by atoms with Gasteiger partial charge in [-0.15, -0.1) is 34.9 Å². The number of carboxylic acid groups (broad SMARTS) is 1. The van der Waals surface area contributed by atoms with Gasteiger partial charge in [0.25, 0.3) is 5.91 Å². The lowest BCUT2D eigenvalue weighted by Crippen LogP contribution is -2.70. The Morgan fingerprint density at radius 1 is 1.26 bits per heavy atom. The highest BCUT2D eigenvalue weighted by Gasteiger charge is 2.54. The van der Waals surface area contributed by atoms with Crippen LogP contribution in [-0.4, -0.2) is 61.8 Å². The standard InChI is InChI=1S/C36H44N2O6S3/c1-5-6-7-9-23-15-28(39)31(27-14-22(4)11-12-26(27)21(2)3)29(16-23)44-20-45-18-24-19-47-35-32(34(41)38(35)33(24)36(42)43)37-30(40)17-25-10-8-13-46-25/h8,10,13-16,26-27,32,35,39H,2,5-7,9,11-12,17-20H2,1,3-4H3,(H,37,40)(H,42,43)/t26-,27+,32+,35?/m0/s1. The van der Waals surface area contributed by atoms with E-state index in [4.69, 9.17) is 4.74 Å². The second-order valence-electron chi connectivity index (χ2n) is 12.6. The Morgan fingerprint density at radius 2 is 2.06 bits per heavy atom. The minimum absolute atomic E-state index is 0.00150. The molecule has 1 aliphatic carbocycles. The maximum atomic E-state index is 13.1. The van der Waals surface area contributed by atoms with Crippen molar-refractivity contribution in [2.75, 3.05) is 17.4 Å². The molecule has 2 amide bonds. The van der Waals surface area contributed by atoms with Gasteiger partial charge in [0.2, 0.25) is 5.91 Å². The quantitative estimate of drug-likeness (QED) is 0.0772. The number of phenols is 1. The number of hydrogen-bond acceptors (Lipinski definition) is 8. The molecule has 4 atom stereocenters. The summed E-state index contributed by atoms with van der Waals surface area (Å²) in [5.41, 5.74) is 4.81. The summed E-state index contributed by atoms with van der Waals surface area (Å²) in [6.07, 6.45) is 8.48. The summed E-state index contributed by atoms with van der Waals surface area (Å²) in [6, 6.07) is 6.93. The van der Waals surface area contributed by atoms with Gasteiger partial charge in [0.1, 0.15) is 34.6 Å². The molecule has 2 aliphatic heterocycles. The number of thiophene rings is 1. The van der Waals surface area contributed by atoms with Crippen LogP contribution in [0.1, 0.15) is 74.8 Å². The largest absolute Gasteiger partial charge is 0.507 e. The van der Waals surface area contributed by atoms with Gasteiger partial charge >= 0.3 is 5.97 Å². The minimum Gasteiger partial charge on any atom is -0.507 e. The van der Waals surface area contributed by atoms with Gasteiger partial charge in [0.15, 0.2) is 0 Å².